The Balaban J connectivity index is 1.90. The van der Waals surface area contributed by atoms with Gasteiger partial charge in [0.1, 0.15) is 0 Å². The number of thioether (sulfide) groups is 1. The van der Waals surface area contributed by atoms with Crippen LogP contribution in [0, 0.1) is 10.1 Å². The summed E-state index contributed by atoms with van der Waals surface area (Å²) in [4.78, 5) is 22.0. The molecule has 0 spiro atoms. The molecular weight excluding hydrogens is 266 g/mol. The van der Waals surface area contributed by atoms with Crippen molar-refractivity contribution in [1.82, 2.24) is 5.32 Å². The maximum atomic E-state index is 11.8. The fourth-order valence-electron chi connectivity index (χ4n) is 1.88. The summed E-state index contributed by atoms with van der Waals surface area (Å²) in [5.74, 6) is 1.87. The first kappa shape index (κ1) is 13.8. The Kier molecular flexibility index (Phi) is 4.75. The van der Waals surface area contributed by atoms with Gasteiger partial charge in [0.05, 0.1) is 4.92 Å². The molecule has 0 aliphatic carbocycles. The van der Waals surface area contributed by atoms with Gasteiger partial charge in [-0.25, -0.2) is 0 Å². The van der Waals surface area contributed by atoms with Crippen LogP contribution in [0.4, 0.5) is 11.4 Å². The first-order chi connectivity index (χ1) is 9.15. The maximum Gasteiger partial charge on any atom is 0.271 e. The number of rotatable bonds is 4. The highest BCUT2D eigenvalue weighted by atomic mass is 32.2. The lowest BCUT2D eigenvalue weighted by Gasteiger charge is -2.22. The third-order valence-electron chi connectivity index (χ3n) is 2.77. The lowest BCUT2D eigenvalue weighted by molar-refractivity contribution is -0.384. The van der Waals surface area contributed by atoms with Gasteiger partial charge in [0.25, 0.3) is 5.69 Å². The highest BCUT2D eigenvalue weighted by molar-refractivity contribution is 7.99. The third-order valence-corrected chi connectivity index (χ3v) is 3.90. The van der Waals surface area contributed by atoms with Crippen molar-refractivity contribution in [1.29, 1.82) is 0 Å². The SMILES string of the molecule is O=C(CC1CSCCN1)Nc1cccc([N+](=O)[O-])c1. The number of nitrogens with one attached hydrogen (secondary N) is 2. The van der Waals surface area contributed by atoms with Crippen LogP contribution in [0.2, 0.25) is 0 Å². The molecule has 1 heterocycles. The van der Waals surface area contributed by atoms with Crippen molar-refractivity contribution in [2.75, 3.05) is 23.4 Å². The molecule has 1 aliphatic rings. The summed E-state index contributed by atoms with van der Waals surface area (Å²) in [7, 11) is 0. The quantitative estimate of drug-likeness (QED) is 0.647. The summed E-state index contributed by atoms with van der Waals surface area (Å²) >= 11 is 1.83. The number of nitro benzene ring substituents is 1. The molecule has 1 saturated heterocycles. The Morgan fingerprint density at radius 1 is 1.58 bits per heavy atom. The van der Waals surface area contributed by atoms with Crippen molar-refractivity contribution < 1.29 is 9.72 Å². The van der Waals surface area contributed by atoms with Crippen LogP contribution >= 0.6 is 11.8 Å². The molecule has 1 aliphatic heterocycles. The van der Waals surface area contributed by atoms with Crippen molar-refractivity contribution in [3.05, 3.63) is 34.4 Å². The predicted molar refractivity (Wildman–Crippen MR) is 75.5 cm³/mol. The summed E-state index contributed by atoms with van der Waals surface area (Å²) in [6.45, 7) is 0.916. The van der Waals surface area contributed by atoms with Crippen LogP contribution in [0.1, 0.15) is 6.42 Å². The van der Waals surface area contributed by atoms with Crippen LogP contribution < -0.4 is 10.6 Å². The third kappa shape index (κ3) is 4.22. The summed E-state index contributed by atoms with van der Waals surface area (Å²) in [5.41, 5.74) is 0.437. The van der Waals surface area contributed by atoms with Crippen LogP contribution in [-0.2, 0) is 4.79 Å². The topological polar surface area (TPSA) is 84.3 Å². The fourth-order valence-corrected chi connectivity index (χ4v) is 2.83. The highest BCUT2D eigenvalue weighted by Crippen LogP contribution is 2.18. The Labute approximate surface area is 115 Å². The molecule has 7 heteroatoms. The Morgan fingerprint density at radius 2 is 2.42 bits per heavy atom. The minimum Gasteiger partial charge on any atom is -0.326 e. The van der Waals surface area contributed by atoms with E-state index >= 15 is 0 Å². The van der Waals surface area contributed by atoms with E-state index in [0.29, 0.717) is 12.1 Å². The largest absolute Gasteiger partial charge is 0.326 e. The van der Waals surface area contributed by atoms with Gasteiger partial charge >= 0.3 is 0 Å². The van der Waals surface area contributed by atoms with Crippen LogP contribution in [0.3, 0.4) is 0 Å². The van der Waals surface area contributed by atoms with Crippen molar-refractivity contribution >= 4 is 29.0 Å². The summed E-state index contributed by atoms with van der Waals surface area (Å²) < 4.78 is 0. The van der Waals surface area contributed by atoms with E-state index in [9.17, 15) is 14.9 Å². The number of benzene rings is 1. The number of nitrogens with zero attached hydrogens (tertiary/aromatic N) is 1. The molecule has 102 valence electrons. The zero-order chi connectivity index (χ0) is 13.7. The smallest absolute Gasteiger partial charge is 0.271 e. The van der Waals surface area contributed by atoms with Gasteiger partial charge < -0.3 is 10.6 Å². The van der Waals surface area contributed by atoms with Crippen molar-refractivity contribution in [2.24, 2.45) is 0 Å². The first-order valence-corrected chi connectivity index (χ1v) is 7.16. The van der Waals surface area contributed by atoms with Gasteiger partial charge in [-0.3, -0.25) is 14.9 Å². The van der Waals surface area contributed by atoms with Gasteiger partial charge in [-0.05, 0) is 6.07 Å². The van der Waals surface area contributed by atoms with E-state index in [-0.39, 0.29) is 17.6 Å². The van der Waals surface area contributed by atoms with Gasteiger partial charge in [-0.15, -0.1) is 0 Å². The molecular formula is C12H15N3O3S. The van der Waals surface area contributed by atoms with E-state index in [0.717, 1.165) is 18.1 Å². The van der Waals surface area contributed by atoms with E-state index in [1.54, 1.807) is 12.1 Å². The lowest BCUT2D eigenvalue weighted by atomic mass is 10.2. The normalized spacial score (nSPS) is 18.8. The van der Waals surface area contributed by atoms with Gasteiger partial charge in [-0.2, -0.15) is 11.8 Å². The zero-order valence-corrected chi connectivity index (χ0v) is 11.1. The summed E-state index contributed by atoms with van der Waals surface area (Å²) in [6, 6.07) is 6.14. The second kappa shape index (κ2) is 6.53. The number of anilines is 1. The molecule has 1 atom stereocenters. The number of non-ortho nitro benzene ring substituents is 1. The predicted octanol–water partition coefficient (Wildman–Crippen LogP) is 1.63. The average Bonchev–Trinajstić information content (AvgIpc) is 2.40. The molecule has 2 rings (SSSR count). The van der Waals surface area contributed by atoms with Crippen LogP contribution in [0.15, 0.2) is 24.3 Å². The molecule has 1 amide bonds. The van der Waals surface area contributed by atoms with E-state index in [1.165, 1.54) is 12.1 Å². The van der Waals surface area contributed by atoms with Gasteiger partial charge in [0.2, 0.25) is 5.91 Å². The van der Waals surface area contributed by atoms with Crippen molar-refractivity contribution in [3.8, 4) is 0 Å². The number of hydrogen-bond acceptors (Lipinski definition) is 5. The minimum absolute atomic E-state index is 0.0239. The molecule has 0 bridgehead atoms. The lowest BCUT2D eigenvalue weighted by Crippen LogP contribution is -2.39. The van der Waals surface area contributed by atoms with Crippen molar-refractivity contribution in [2.45, 2.75) is 12.5 Å². The van der Waals surface area contributed by atoms with E-state index in [1.807, 2.05) is 11.8 Å². The average molecular weight is 281 g/mol. The summed E-state index contributed by atoms with van der Waals surface area (Å²) in [6.07, 6.45) is 0.385. The van der Waals surface area contributed by atoms with E-state index in [4.69, 9.17) is 0 Å². The molecule has 6 nitrogen and oxygen atoms in total. The summed E-state index contributed by atoms with van der Waals surface area (Å²) in [5, 5.41) is 16.6. The Hall–Kier alpha value is -1.60. The molecule has 1 unspecified atom stereocenters. The second-order valence-electron chi connectivity index (χ2n) is 4.29. The number of amides is 1. The van der Waals surface area contributed by atoms with Crippen LogP contribution in [-0.4, -0.2) is 34.9 Å². The van der Waals surface area contributed by atoms with Gasteiger partial charge in [0.15, 0.2) is 0 Å². The maximum absolute atomic E-state index is 11.8. The highest BCUT2D eigenvalue weighted by Gasteiger charge is 2.17. The number of carbonyl (C=O) groups excluding carboxylic acids is 1. The van der Waals surface area contributed by atoms with Crippen molar-refractivity contribution in [3.63, 3.8) is 0 Å². The zero-order valence-electron chi connectivity index (χ0n) is 10.3. The molecule has 1 fully saturated rings. The molecule has 0 radical (unpaired) electrons. The van der Waals surface area contributed by atoms with Crippen LogP contribution in [0.25, 0.3) is 0 Å². The standard InChI is InChI=1S/C12H15N3O3S/c16-12(7-10-8-19-5-4-13-10)14-9-2-1-3-11(6-9)15(17)18/h1-3,6,10,13H,4-5,7-8H2,(H,14,16). The molecule has 19 heavy (non-hydrogen) atoms. The molecule has 1 aromatic carbocycles. The number of nitro groups is 1. The molecule has 0 aromatic heterocycles. The molecule has 0 saturated carbocycles. The van der Waals surface area contributed by atoms with E-state index < -0.39 is 4.92 Å². The van der Waals surface area contributed by atoms with Gasteiger partial charge in [-0.1, -0.05) is 6.07 Å². The molecule has 1 aromatic rings. The first-order valence-electron chi connectivity index (χ1n) is 6.00. The number of hydrogen-bond donors (Lipinski definition) is 2. The second-order valence-corrected chi connectivity index (χ2v) is 5.44. The van der Waals surface area contributed by atoms with E-state index in [2.05, 4.69) is 10.6 Å². The Bertz CT molecular complexity index is 475. The van der Waals surface area contributed by atoms with Crippen LogP contribution in [0.5, 0.6) is 0 Å². The molecule has 2 N–H and O–H groups in total. The van der Waals surface area contributed by atoms with Gasteiger partial charge in [0, 0.05) is 48.3 Å². The minimum atomic E-state index is -0.477. The monoisotopic (exact) mass is 281 g/mol. The fraction of sp³-hybridized carbons (Fsp3) is 0.417. The number of carbonyl (C=O) groups is 1. The Morgan fingerprint density at radius 3 is 3.11 bits per heavy atom.